The van der Waals surface area contributed by atoms with Gasteiger partial charge >= 0.3 is 0 Å². The minimum Gasteiger partial charge on any atom is -0.205 e. The molecule has 0 unspecified atom stereocenters. The summed E-state index contributed by atoms with van der Waals surface area (Å²) in [5, 5.41) is 2.09. The largest absolute Gasteiger partial charge is 0.205 e. The van der Waals surface area contributed by atoms with Gasteiger partial charge in [0.05, 0.1) is 16.4 Å². The van der Waals surface area contributed by atoms with E-state index in [9.17, 15) is 8.78 Å². The van der Waals surface area contributed by atoms with Gasteiger partial charge in [0.25, 0.3) is 0 Å². The summed E-state index contributed by atoms with van der Waals surface area (Å²) in [7, 11) is 0. The zero-order valence-corrected chi connectivity index (χ0v) is 17.8. The molecule has 0 aromatic heterocycles. The molecule has 1 aliphatic rings. The van der Waals surface area contributed by atoms with Crippen molar-refractivity contribution in [1.82, 2.24) is 0 Å². The number of thiocarbonyl (C=S) groups is 1. The number of halogens is 2. The van der Waals surface area contributed by atoms with E-state index in [1.807, 2.05) is 24.3 Å². The van der Waals surface area contributed by atoms with Crippen LogP contribution in [0.15, 0.2) is 65.7 Å². The van der Waals surface area contributed by atoms with Gasteiger partial charge in [-0.05, 0) is 53.4 Å². The van der Waals surface area contributed by atoms with E-state index in [1.165, 1.54) is 37.7 Å². The van der Waals surface area contributed by atoms with Crippen molar-refractivity contribution < 1.29 is 8.78 Å². The summed E-state index contributed by atoms with van der Waals surface area (Å²) in [4.78, 5) is 3.59. The van der Waals surface area contributed by atoms with Crippen LogP contribution in [0.2, 0.25) is 0 Å². The highest BCUT2D eigenvalue weighted by molar-refractivity contribution is 7.78. The van der Waals surface area contributed by atoms with Crippen LogP contribution in [0.4, 0.5) is 14.5 Å². The average molecular weight is 430 g/mol. The summed E-state index contributed by atoms with van der Waals surface area (Å²) in [6, 6.07) is 18.6. The molecule has 4 heteroatoms. The lowest BCUT2D eigenvalue weighted by Crippen LogP contribution is -1.98. The molecule has 4 rings (SSSR count). The predicted octanol–water partition coefficient (Wildman–Crippen LogP) is 7.50. The predicted molar refractivity (Wildman–Crippen MR) is 125 cm³/mol. The van der Waals surface area contributed by atoms with Crippen LogP contribution in [0, 0.1) is 29.4 Å². The Morgan fingerprint density at radius 2 is 1.42 bits per heavy atom. The first-order valence-electron chi connectivity index (χ1n) is 10.4. The van der Waals surface area contributed by atoms with Gasteiger partial charge < -0.3 is 0 Å². The minimum absolute atomic E-state index is 0.0779. The van der Waals surface area contributed by atoms with Crippen molar-refractivity contribution in [2.24, 2.45) is 10.9 Å². The highest BCUT2D eigenvalue weighted by Gasteiger charge is 2.15. The summed E-state index contributed by atoms with van der Waals surface area (Å²) >= 11 is 4.46. The Morgan fingerprint density at radius 3 is 2.00 bits per heavy atom. The molecule has 1 aliphatic carbocycles. The molecule has 1 nitrogen and oxygen atoms in total. The van der Waals surface area contributed by atoms with E-state index in [4.69, 9.17) is 0 Å². The number of nitrogens with zero attached hydrogens (tertiary/aromatic N) is 1. The van der Waals surface area contributed by atoms with Crippen LogP contribution < -0.4 is 0 Å². The maximum absolute atomic E-state index is 14.1. The first-order valence-corrected chi connectivity index (χ1v) is 10.8. The summed E-state index contributed by atoms with van der Waals surface area (Å²) in [5.74, 6) is 4.70. The van der Waals surface area contributed by atoms with E-state index in [1.54, 1.807) is 0 Å². The van der Waals surface area contributed by atoms with E-state index >= 15 is 0 Å². The van der Waals surface area contributed by atoms with Crippen molar-refractivity contribution >= 4 is 23.1 Å². The number of hydrogen-bond acceptors (Lipinski definition) is 2. The van der Waals surface area contributed by atoms with Crippen molar-refractivity contribution in [2.75, 3.05) is 0 Å². The Bertz CT molecular complexity index is 1150. The molecular formula is C27H21F2NS. The molecule has 0 spiro atoms. The fourth-order valence-corrected chi connectivity index (χ4v) is 4.16. The van der Waals surface area contributed by atoms with E-state index in [2.05, 4.69) is 58.5 Å². The van der Waals surface area contributed by atoms with Crippen LogP contribution in [0.1, 0.15) is 42.4 Å². The number of isothiocyanates is 1. The van der Waals surface area contributed by atoms with Crippen LogP contribution in [-0.2, 0) is 6.42 Å². The summed E-state index contributed by atoms with van der Waals surface area (Å²) < 4.78 is 28.2. The van der Waals surface area contributed by atoms with Gasteiger partial charge in [0.1, 0.15) is 11.6 Å². The molecule has 1 fully saturated rings. The summed E-state index contributed by atoms with van der Waals surface area (Å²) in [6.45, 7) is 0. The minimum atomic E-state index is -0.772. The van der Waals surface area contributed by atoms with Crippen LogP contribution in [0.25, 0.3) is 11.1 Å². The number of benzene rings is 3. The van der Waals surface area contributed by atoms with Gasteiger partial charge in [0.15, 0.2) is 0 Å². The maximum atomic E-state index is 14.1. The SMILES string of the molecule is Fc1cc(N=C=S)cc(F)c1C#Cc1ccc(-c2ccc(CC3CCCC3)cc2)cc1. The normalized spacial score (nSPS) is 13.4. The molecule has 1 saturated carbocycles. The molecule has 0 saturated heterocycles. The zero-order valence-electron chi connectivity index (χ0n) is 17.0. The molecule has 0 bridgehead atoms. The topological polar surface area (TPSA) is 12.4 Å². The number of rotatable bonds is 4. The van der Waals surface area contributed by atoms with Crippen molar-refractivity contribution in [1.29, 1.82) is 0 Å². The molecule has 0 aliphatic heterocycles. The molecule has 0 radical (unpaired) electrons. The van der Waals surface area contributed by atoms with Gasteiger partial charge in [0, 0.05) is 17.7 Å². The third-order valence-electron chi connectivity index (χ3n) is 5.70. The van der Waals surface area contributed by atoms with Crippen molar-refractivity contribution in [2.45, 2.75) is 32.1 Å². The second kappa shape index (κ2) is 9.79. The number of aliphatic imine (C=N–C) groups is 1. The van der Waals surface area contributed by atoms with Crippen LogP contribution in [-0.4, -0.2) is 5.16 Å². The maximum Gasteiger partial charge on any atom is 0.143 e. The lowest BCUT2D eigenvalue weighted by atomic mass is 9.96. The third kappa shape index (κ3) is 5.33. The first kappa shape index (κ1) is 21.1. The van der Waals surface area contributed by atoms with Gasteiger partial charge in [-0.15, -0.1) is 0 Å². The molecule has 0 heterocycles. The van der Waals surface area contributed by atoms with Crippen molar-refractivity contribution in [3.8, 4) is 23.0 Å². The molecule has 31 heavy (non-hydrogen) atoms. The Kier molecular flexibility index (Phi) is 6.67. The van der Waals surface area contributed by atoms with E-state index in [-0.39, 0.29) is 11.3 Å². The van der Waals surface area contributed by atoms with Gasteiger partial charge in [-0.3, -0.25) is 0 Å². The van der Waals surface area contributed by atoms with Crippen LogP contribution in [0.5, 0.6) is 0 Å². The van der Waals surface area contributed by atoms with Gasteiger partial charge in [-0.1, -0.05) is 73.9 Å². The Hall–Kier alpha value is -3.12. The average Bonchev–Trinajstić information content (AvgIpc) is 3.27. The lowest BCUT2D eigenvalue weighted by Gasteiger charge is -2.09. The first-order chi connectivity index (χ1) is 15.1. The monoisotopic (exact) mass is 429 g/mol. The highest BCUT2D eigenvalue weighted by atomic mass is 32.1. The van der Waals surface area contributed by atoms with Gasteiger partial charge in [-0.2, -0.15) is 4.99 Å². The fraction of sp³-hybridized carbons (Fsp3) is 0.222. The second-order valence-electron chi connectivity index (χ2n) is 7.87. The molecular weight excluding hydrogens is 408 g/mol. The molecule has 0 N–H and O–H groups in total. The number of hydrogen-bond donors (Lipinski definition) is 0. The summed E-state index contributed by atoms with van der Waals surface area (Å²) in [6.07, 6.45) is 6.60. The Morgan fingerprint density at radius 1 is 0.839 bits per heavy atom. The molecule has 0 amide bonds. The molecule has 3 aromatic carbocycles. The summed E-state index contributed by atoms with van der Waals surface area (Å²) in [5.41, 5.74) is 4.09. The van der Waals surface area contributed by atoms with Gasteiger partial charge in [0.2, 0.25) is 0 Å². The smallest absolute Gasteiger partial charge is 0.143 e. The van der Waals surface area contributed by atoms with E-state index in [0.29, 0.717) is 5.56 Å². The quantitative estimate of drug-likeness (QED) is 0.238. The van der Waals surface area contributed by atoms with E-state index in [0.717, 1.165) is 29.2 Å². The van der Waals surface area contributed by atoms with E-state index < -0.39 is 11.6 Å². The van der Waals surface area contributed by atoms with Gasteiger partial charge in [-0.25, -0.2) is 8.78 Å². The fourth-order valence-electron chi connectivity index (χ4n) is 4.06. The highest BCUT2D eigenvalue weighted by Crippen LogP contribution is 2.29. The Balaban J connectivity index is 1.47. The molecule has 154 valence electrons. The standard InChI is InChI=1S/C27H21F2NS/c28-26-16-24(30-18-31)17-27(29)25(26)14-9-19-5-10-22(11-6-19)23-12-7-21(8-13-23)15-20-3-1-2-4-20/h5-8,10-13,16-17,20H,1-4,15H2. The lowest BCUT2D eigenvalue weighted by molar-refractivity contribution is 0.546. The van der Waals surface area contributed by atoms with Crippen LogP contribution in [0.3, 0.4) is 0 Å². The van der Waals surface area contributed by atoms with Crippen molar-refractivity contribution in [3.05, 3.63) is 89.0 Å². The molecule has 0 atom stereocenters. The second-order valence-corrected chi connectivity index (χ2v) is 8.05. The van der Waals surface area contributed by atoms with Crippen molar-refractivity contribution in [3.63, 3.8) is 0 Å². The third-order valence-corrected chi connectivity index (χ3v) is 5.80. The zero-order chi connectivity index (χ0) is 21.6. The van der Waals surface area contributed by atoms with Crippen LogP contribution >= 0.6 is 12.2 Å². The molecule has 3 aromatic rings. The Labute approximate surface area is 186 Å².